The van der Waals surface area contributed by atoms with Crippen LogP contribution in [-0.4, -0.2) is 29.5 Å². The van der Waals surface area contributed by atoms with Crippen molar-refractivity contribution in [3.63, 3.8) is 0 Å². The number of amides is 1. The van der Waals surface area contributed by atoms with Crippen LogP contribution in [0.2, 0.25) is 0 Å². The van der Waals surface area contributed by atoms with Gasteiger partial charge in [0.1, 0.15) is 6.54 Å². The van der Waals surface area contributed by atoms with Gasteiger partial charge < -0.3 is 4.90 Å². The summed E-state index contributed by atoms with van der Waals surface area (Å²) in [5.41, 5.74) is 0. The highest BCUT2D eigenvalue weighted by atomic mass is 16.2. The van der Waals surface area contributed by atoms with Gasteiger partial charge in [0, 0.05) is 12.4 Å². The largest absolute Gasteiger partial charge is 0.308 e. The molecule has 0 saturated heterocycles. The Kier molecular flexibility index (Phi) is 2.74. The summed E-state index contributed by atoms with van der Waals surface area (Å²) in [4.78, 5) is 19.9. The lowest BCUT2D eigenvalue weighted by molar-refractivity contribution is -0.116. The van der Waals surface area contributed by atoms with Gasteiger partial charge in [0.15, 0.2) is 0 Å². The highest BCUT2D eigenvalue weighted by molar-refractivity contribution is 6.06. The van der Waals surface area contributed by atoms with Crippen LogP contribution in [0.25, 0.3) is 0 Å². The molecule has 0 aromatic rings. The van der Waals surface area contributed by atoms with E-state index in [4.69, 9.17) is 0 Å². The average molecular weight is 165 g/mol. The number of fused-ring (bicyclic) bond motifs is 1. The summed E-state index contributed by atoms with van der Waals surface area (Å²) < 4.78 is 0. The van der Waals surface area contributed by atoms with Crippen LogP contribution in [0.3, 0.4) is 0 Å². The molecule has 0 aromatic heterocycles. The summed E-state index contributed by atoms with van der Waals surface area (Å²) in [6.07, 6.45) is 5.18. The zero-order valence-electron chi connectivity index (χ0n) is 7.19. The SMILES string of the molecule is CC.O=C1CN2C=CC=NC2=N1. The Bertz CT molecular complexity index is 265. The Morgan fingerprint density at radius 1 is 1.50 bits per heavy atom. The van der Waals surface area contributed by atoms with Gasteiger partial charge in [-0.3, -0.25) is 4.79 Å². The molecular weight excluding hydrogens is 154 g/mol. The van der Waals surface area contributed by atoms with Crippen LogP contribution in [0.1, 0.15) is 13.8 Å². The first-order valence-electron chi connectivity index (χ1n) is 3.95. The van der Waals surface area contributed by atoms with Crippen LogP contribution >= 0.6 is 0 Å². The second-order valence-electron chi connectivity index (χ2n) is 2.05. The molecule has 2 heterocycles. The summed E-state index contributed by atoms with van der Waals surface area (Å²) in [6.45, 7) is 4.34. The molecule has 0 fully saturated rings. The van der Waals surface area contributed by atoms with Crippen molar-refractivity contribution in [2.24, 2.45) is 9.98 Å². The fourth-order valence-electron chi connectivity index (χ4n) is 0.902. The molecule has 1 amide bonds. The molecule has 0 aromatic carbocycles. The van der Waals surface area contributed by atoms with E-state index in [1.165, 1.54) is 0 Å². The Labute approximate surface area is 71.3 Å². The van der Waals surface area contributed by atoms with E-state index in [1.807, 2.05) is 13.8 Å². The van der Waals surface area contributed by atoms with Crippen molar-refractivity contribution < 1.29 is 4.79 Å². The molecule has 0 atom stereocenters. The smallest absolute Gasteiger partial charge is 0.268 e. The molecule has 0 saturated carbocycles. The highest BCUT2D eigenvalue weighted by Crippen LogP contribution is 2.06. The number of nitrogens with zero attached hydrogens (tertiary/aromatic N) is 3. The summed E-state index contributed by atoms with van der Waals surface area (Å²) in [5.74, 6) is 0.381. The number of hydrogen-bond donors (Lipinski definition) is 0. The molecule has 0 spiro atoms. The number of hydrogen-bond acceptors (Lipinski definition) is 3. The fraction of sp³-hybridized carbons (Fsp3) is 0.375. The average Bonchev–Trinajstić information content (AvgIpc) is 2.48. The maximum absolute atomic E-state index is 10.7. The topological polar surface area (TPSA) is 45.0 Å². The number of allylic oxidation sites excluding steroid dienone is 1. The predicted octanol–water partition coefficient (Wildman–Crippen LogP) is 0.809. The maximum Gasteiger partial charge on any atom is 0.268 e. The molecule has 0 N–H and O–H groups in total. The first-order valence-corrected chi connectivity index (χ1v) is 3.95. The molecule has 0 unspecified atom stereocenters. The van der Waals surface area contributed by atoms with Crippen LogP contribution in [0.15, 0.2) is 22.3 Å². The molecule has 2 aliphatic heterocycles. The van der Waals surface area contributed by atoms with E-state index in [-0.39, 0.29) is 5.91 Å². The zero-order chi connectivity index (χ0) is 8.97. The molecule has 2 aliphatic rings. The third-order valence-electron chi connectivity index (χ3n) is 1.33. The lowest BCUT2D eigenvalue weighted by Gasteiger charge is -2.11. The molecule has 4 heteroatoms. The van der Waals surface area contributed by atoms with Gasteiger partial charge in [-0.2, -0.15) is 4.99 Å². The van der Waals surface area contributed by atoms with Crippen LogP contribution in [0, 0.1) is 0 Å². The lowest BCUT2D eigenvalue weighted by atomic mass is 10.5. The minimum Gasteiger partial charge on any atom is -0.308 e. The molecule has 64 valence electrons. The molecule has 4 nitrogen and oxygen atoms in total. The lowest BCUT2D eigenvalue weighted by Crippen LogP contribution is -2.22. The van der Waals surface area contributed by atoms with Crippen LogP contribution in [0.4, 0.5) is 0 Å². The van der Waals surface area contributed by atoms with Crippen molar-refractivity contribution in [2.45, 2.75) is 13.8 Å². The summed E-state index contributed by atoms with van der Waals surface area (Å²) >= 11 is 0. The van der Waals surface area contributed by atoms with Crippen molar-refractivity contribution in [2.75, 3.05) is 6.54 Å². The fourth-order valence-corrected chi connectivity index (χ4v) is 0.902. The monoisotopic (exact) mass is 165 g/mol. The van der Waals surface area contributed by atoms with Gasteiger partial charge in [-0.15, -0.1) is 0 Å². The molecular formula is C8H11N3O. The van der Waals surface area contributed by atoms with E-state index in [0.29, 0.717) is 12.5 Å². The Balaban J connectivity index is 0.000000336. The van der Waals surface area contributed by atoms with E-state index in [0.717, 1.165) is 0 Å². The second kappa shape index (κ2) is 3.80. The van der Waals surface area contributed by atoms with Gasteiger partial charge in [-0.05, 0) is 6.08 Å². The second-order valence-corrected chi connectivity index (χ2v) is 2.05. The van der Waals surface area contributed by atoms with Crippen molar-refractivity contribution in [3.8, 4) is 0 Å². The van der Waals surface area contributed by atoms with Crippen LogP contribution in [0.5, 0.6) is 0 Å². The minimum absolute atomic E-state index is 0.126. The van der Waals surface area contributed by atoms with Gasteiger partial charge in [-0.1, -0.05) is 13.8 Å². The van der Waals surface area contributed by atoms with Crippen LogP contribution in [-0.2, 0) is 4.79 Å². The van der Waals surface area contributed by atoms with Gasteiger partial charge in [-0.25, -0.2) is 4.99 Å². The molecule has 0 aliphatic carbocycles. The zero-order valence-corrected chi connectivity index (χ0v) is 7.19. The summed E-state index contributed by atoms with van der Waals surface area (Å²) in [5, 5.41) is 0. The Hall–Kier alpha value is -1.45. The van der Waals surface area contributed by atoms with Crippen molar-refractivity contribution in [1.82, 2.24) is 4.90 Å². The first-order chi connectivity index (χ1) is 5.86. The Morgan fingerprint density at radius 3 is 2.92 bits per heavy atom. The van der Waals surface area contributed by atoms with Crippen molar-refractivity contribution >= 4 is 18.1 Å². The Morgan fingerprint density at radius 2 is 2.25 bits per heavy atom. The summed E-state index contributed by atoms with van der Waals surface area (Å²) in [7, 11) is 0. The summed E-state index contributed by atoms with van der Waals surface area (Å²) in [6, 6.07) is 0. The quantitative estimate of drug-likeness (QED) is 0.533. The standard InChI is InChI=1S/C6H5N3O.C2H6/c10-5-4-9-3-1-2-7-6(9)8-5;1-2/h1-3H,4H2;1-2H3. The first kappa shape index (κ1) is 8.64. The number of carbonyl (C=O) groups excluding carboxylic acids is 1. The van der Waals surface area contributed by atoms with E-state index in [9.17, 15) is 4.79 Å². The number of aliphatic imine (C=N–C) groups is 2. The highest BCUT2D eigenvalue weighted by Gasteiger charge is 2.21. The third kappa shape index (κ3) is 1.58. The predicted molar refractivity (Wildman–Crippen MR) is 48.1 cm³/mol. The molecule has 12 heavy (non-hydrogen) atoms. The van der Waals surface area contributed by atoms with Gasteiger partial charge >= 0.3 is 0 Å². The van der Waals surface area contributed by atoms with E-state index < -0.39 is 0 Å². The van der Waals surface area contributed by atoms with Gasteiger partial charge in [0.2, 0.25) is 5.96 Å². The van der Waals surface area contributed by atoms with Gasteiger partial charge in [0.25, 0.3) is 5.91 Å². The van der Waals surface area contributed by atoms with E-state index in [1.54, 1.807) is 23.4 Å². The van der Waals surface area contributed by atoms with Crippen LogP contribution < -0.4 is 0 Å². The van der Waals surface area contributed by atoms with Crippen molar-refractivity contribution in [1.29, 1.82) is 0 Å². The number of rotatable bonds is 0. The maximum atomic E-state index is 10.7. The van der Waals surface area contributed by atoms with E-state index in [2.05, 4.69) is 9.98 Å². The number of carbonyl (C=O) groups is 1. The van der Waals surface area contributed by atoms with E-state index >= 15 is 0 Å². The number of guanidine groups is 1. The van der Waals surface area contributed by atoms with Crippen molar-refractivity contribution in [3.05, 3.63) is 12.3 Å². The molecule has 0 radical (unpaired) electrons. The molecule has 0 bridgehead atoms. The third-order valence-corrected chi connectivity index (χ3v) is 1.33. The molecule has 2 rings (SSSR count). The van der Waals surface area contributed by atoms with Gasteiger partial charge in [0.05, 0.1) is 0 Å². The normalized spacial score (nSPS) is 18.3. The minimum atomic E-state index is -0.126.